The van der Waals surface area contributed by atoms with Gasteiger partial charge in [0.05, 0.1) is 6.61 Å². The van der Waals surface area contributed by atoms with Crippen LogP contribution in [-0.2, 0) is 9.47 Å². The molecule has 1 aliphatic carbocycles. The largest absolute Gasteiger partial charge is 0.491 e. The van der Waals surface area contributed by atoms with E-state index in [1.165, 1.54) is 6.92 Å². The van der Waals surface area contributed by atoms with Gasteiger partial charge in [0, 0.05) is 4.47 Å². The van der Waals surface area contributed by atoms with E-state index in [0.29, 0.717) is 5.75 Å². The quantitative estimate of drug-likeness (QED) is 0.850. The first-order valence-electron chi connectivity index (χ1n) is 5.99. The molecule has 19 heavy (non-hydrogen) atoms. The molecule has 104 valence electrons. The summed E-state index contributed by atoms with van der Waals surface area (Å²) >= 11 is 3.32. The van der Waals surface area contributed by atoms with Gasteiger partial charge in [0.15, 0.2) is 11.7 Å². The molecular formula is C13H13BrF2O3. The van der Waals surface area contributed by atoms with Gasteiger partial charge in [0.25, 0.3) is 0 Å². The highest BCUT2D eigenvalue weighted by Crippen LogP contribution is 2.59. The van der Waals surface area contributed by atoms with E-state index in [-0.39, 0.29) is 13.2 Å². The first kappa shape index (κ1) is 13.3. The minimum Gasteiger partial charge on any atom is -0.491 e. The minimum atomic E-state index is -2.89. The van der Waals surface area contributed by atoms with Gasteiger partial charge in [-0.2, -0.15) is 0 Å². The van der Waals surface area contributed by atoms with Crippen molar-refractivity contribution < 1.29 is 23.0 Å². The summed E-state index contributed by atoms with van der Waals surface area (Å²) in [6.07, 6.45) is -1.58. The smallest absolute Gasteiger partial charge is 0.307 e. The molecule has 1 aromatic carbocycles. The van der Waals surface area contributed by atoms with Gasteiger partial charge in [-0.05, 0) is 31.2 Å². The molecular weight excluding hydrogens is 322 g/mol. The van der Waals surface area contributed by atoms with Gasteiger partial charge in [-0.25, -0.2) is 8.78 Å². The number of hydrogen-bond acceptors (Lipinski definition) is 3. The van der Waals surface area contributed by atoms with E-state index < -0.39 is 23.7 Å². The maximum Gasteiger partial charge on any atom is 0.307 e. The number of ether oxygens (including phenoxy) is 3. The Bertz CT molecular complexity index is 479. The van der Waals surface area contributed by atoms with Crippen LogP contribution in [0.15, 0.2) is 28.7 Å². The Morgan fingerprint density at radius 3 is 2.68 bits per heavy atom. The van der Waals surface area contributed by atoms with Crippen LogP contribution in [-0.4, -0.2) is 36.9 Å². The van der Waals surface area contributed by atoms with E-state index >= 15 is 0 Å². The Kier molecular flexibility index (Phi) is 3.07. The Labute approximate surface area is 118 Å². The highest BCUT2D eigenvalue weighted by atomic mass is 79.9. The Balaban J connectivity index is 1.56. The molecule has 1 saturated carbocycles. The van der Waals surface area contributed by atoms with Crippen molar-refractivity contribution in [3.8, 4) is 5.75 Å². The molecule has 1 aliphatic heterocycles. The SMILES string of the molecule is C[C@]12O[C@H](COc3ccc(Br)cc3)CO[C@H]1C2(F)F. The third-order valence-corrected chi connectivity index (χ3v) is 4.05. The molecule has 0 N–H and O–H groups in total. The van der Waals surface area contributed by atoms with Crippen molar-refractivity contribution in [3.05, 3.63) is 28.7 Å². The van der Waals surface area contributed by atoms with Gasteiger partial charge in [0.1, 0.15) is 18.5 Å². The maximum absolute atomic E-state index is 13.4. The van der Waals surface area contributed by atoms with Gasteiger partial charge >= 0.3 is 5.92 Å². The van der Waals surface area contributed by atoms with Gasteiger partial charge in [-0.15, -0.1) is 0 Å². The minimum absolute atomic E-state index is 0.131. The normalized spacial score (nSPS) is 35.6. The molecule has 0 unspecified atom stereocenters. The van der Waals surface area contributed by atoms with Gasteiger partial charge in [-0.1, -0.05) is 15.9 Å². The summed E-state index contributed by atoms with van der Waals surface area (Å²) in [5.74, 6) is -2.22. The number of halogens is 3. The second kappa shape index (κ2) is 4.40. The molecule has 2 aliphatic rings. The zero-order valence-electron chi connectivity index (χ0n) is 10.2. The van der Waals surface area contributed by atoms with E-state index in [0.717, 1.165) is 4.47 Å². The Morgan fingerprint density at radius 1 is 1.37 bits per heavy atom. The molecule has 3 rings (SSSR count). The summed E-state index contributed by atoms with van der Waals surface area (Å²) in [7, 11) is 0. The first-order chi connectivity index (χ1) is 8.93. The Hall–Kier alpha value is -0.720. The van der Waals surface area contributed by atoms with Crippen molar-refractivity contribution >= 4 is 15.9 Å². The molecule has 2 fully saturated rings. The van der Waals surface area contributed by atoms with Crippen LogP contribution < -0.4 is 4.74 Å². The average molecular weight is 335 g/mol. The monoisotopic (exact) mass is 334 g/mol. The third-order valence-electron chi connectivity index (χ3n) is 3.52. The molecule has 0 aromatic heterocycles. The molecule has 0 radical (unpaired) electrons. The summed E-state index contributed by atoms with van der Waals surface area (Å²) in [5.41, 5.74) is -1.49. The molecule has 0 bridgehead atoms. The van der Waals surface area contributed by atoms with Crippen LogP contribution in [0.1, 0.15) is 6.92 Å². The molecule has 0 amide bonds. The van der Waals surface area contributed by atoms with E-state index in [9.17, 15) is 8.78 Å². The van der Waals surface area contributed by atoms with Crippen molar-refractivity contribution in [2.24, 2.45) is 0 Å². The molecule has 1 saturated heterocycles. The predicted molar refractivity (Wildman–Crippen MR) is 67.6 cm³/mol. The van der Waals surface area contributed by atoms with Crippen molar-refractivity contribution in [1.82, 2.24) is 0 Å². The summed E-state index contributed by atoms with van der Waals surface area (Å²) in [6.45, 7) is 1.70. The van der Waals surface area contributed by atoms with E-state index in [2.05, 4.69) is 15.9 Å². The standard InChI is InChI=1S/C13H13BrF2O3/c1-12-11(13(12,15)16)18-7-10(19-12)6-17-9-4-2-8(14)3-5-9/h2-5,10-11H,6-7H2,1H3/t10-,11-,12+/m1/s1. The first-order valence-corrected chi connectivity index (χ1v) is 6.78. The van der Waals surface area contributed by atoms with Gasteiger partial charge < -0.3 is 14.2 Å². The second-order valence-electron chi connectivity index (χ2n) is 4.95. The van der Waals surface area contributed by atoms with Gasteiger partial charge in [-0.3, -0.25) is 0 Å². The van der Waals surface area contributed by atoms with Crippen LogP contribution in [0.4, 0.5) is 8.78 Å². The third kappa shape index (κ3) is 2.15. The molecule has 6 heteroatoms. The lowest BCUT2D eigenvalue weighted by atomic mass is 10.3. The Morgan fingerprint density at radius 2 is 2.05 bits per heavy atom. The zero-order valence-corrected chi connectivity index (χ0v) is 11.8. The van der Waals surface area contributed by atoms with E-state index in [1.54, 1.807) is 12.1 Å². The zero-order chi connectivity index (χ0) is 13.7. The van der Waals surface area contributed by atoms with Crippen molar-refractivity contribution in [3.63, 3.8) is 0 Å². The summed E-state index contributed by atoms with van der Waals surface area (Å²) < 4.78 is 43.7. The van der Waals surface area contributed by atoms with Crippen LogP contribution in [0.25, 0.3) is 0 Å². The second-order valence-corrected chi connectivity index (χ2v) is 5.86. The van der Waals surface area contributed by atoms with Crippen LogP contribution in [0.3, 0.4) is 0 Å². The fourth-order valence-corrected chi connectivity index (χ4v) is 2.53. The van der Waals surface area contributed by atoms with Crippen LogP contribution in [0.5, 0.6) is 5.75 Å². The van der Waals surface area contributed by atoms with Crippen molar-refractivity contribution in [1.29, 1.82) is 0 Å². The summed E-state index contributed by atoms with van der Waals surface area (Å²) in [6, 6.07) is 7.29. The topological polar surface area (TPSA) is 27.7 Å². The highest BCUT2D eigenvalue weighted by Gasteiger charge is 2.83. The predicted octanol–water partition coefficient (Wildman–Crippen LogP) is 3.02. The number of rotatable bonds is 3. The van der Waals surface area contributed by atoms with E-state index in [4.69, 9.17) is 14.2 Å². The summed E-state index contributed by atoms with van der Waals surface area (Å²) in [4.78, 5) is 0. The van der Waals surface area contributed by atoms with E-state index in [1.807, 2.05) is 12.1 Å². The molecule has 1 heterocycles. The lowest BCUT2D eigenvalue weighted by Gasteiger charge is -2.26. The molecule has 3 atom stereocenters. The van der Waals surface area contributed by atoms with Crippen LogP contribution in [0, 0.1) is 0 Å². The number of alkyl halides is 2. The molecule has 1 aromatic rings. The van der Waals surface area contributed by atoms with Gasteiger partial charge in [0.2, 0.25) is 0 Å². The van der Waals surface area contributed by atoms with Crippen LogP contribution in [0.2, 0.25) is 0 Å². The number of hydrogen-bond donors (Lipinski definition) is 0. The molecule has 0 spiro atoms. The number of benzene rings is 1. The van der Waals surface area contributed by atoms with Crippen molar-refractivity contribution in [2.45, 2.75) is 30.7 Å². The summed E-state index contributed by atoms with van der Waals surface area (Å²) in [5, 5.41) is 0. The lowest BCUT2D eigenvalue weighted by molar-refractivity contribution is -0.149. The number of fused-ring (bicyclic) bond motifs is 1. The van der Waals surface area contributed by atoms with Crippen molar-refractivity contribution in [2.75, 3.05) is 13.2 Å². The fraction of sp³-hybridized carbons (Fsp3) is 0.538. The average Bonchev–Trinajstić information content (AvgIpc) is 2.82. The molecule has 3 nitrogen and oxygen atoms in total. The lowest BCUT2D eigenvalue weighted by Crippen LogP contribution is -2.39. The fourth-order valence-electron chi connectivity index (χ4n) is 2.26. The van der Waals surface area contributed by atoms with Crippen LogP contribution >= 0.6 is 15.9 Å². The maximum atomic E-state index is 13.4. The highest BCUT2D eigenvalue weighted by molar-refractivity contribution is 9.10.